The summed E-state index contributed by atoms with van der Waals surface area (Å²) in [7, 11) is -2.28. The maximum Gasteiger partial charge on any atom is 0.338 e. The molecule has 3 rings (SSSR count). The van der Waals surface area contributed by atoms with E-state index in [1.165, 1.54) is 36.7 Å². The second kappa shape index (κ2) is 9.76. The molecular weight excluding hydrogens is 476 g/mol. The van der Waals surface area contributed by atoms with Crippen LogP contribution in [0.5, 0.6) is 0 Å². The van der Waals surface area contributed by atoms with Crippen molar-refractivity contribution >= 4 is 45.0 Å². The Morgan fingerprint density at radius 3 is 2.67 bits per heavy atom. The minimum absolute atomic E-state index is 0.128. The van der Waals surface area contributed by atoms with Crippen LogP contribution >= 0.6 is 11.8 Å². The fourth-order valence-electron chi connectivity index (χ4n) is 2.50. The fourth-order valence-corrected chi connectivity index (χ4v) is 3.91. The molecule has 172 valence electrons. The van der Waals surface area contributed by atoms with Gasteiger partial charge in [-0.15, -0.1) is 10.2 Å². The number of anilines is 1. The van der Waals surface area contributed by atoms with Crippen LogP contribution in [0.15, 0.2) is 63.7 Å². The molecule has 0 spiro atoms. The van der Waals surface area contributed by atoms with Crippen LogP contribution in [0.1, 0.15) is 10.4 Å². The second-order valence-electron chi connectivity index (χ2n) is 6.46. The standard InChI is InChI=1S/C18H16N6O7S2/c1-23-10-20-22-18(23)32-15-6-5-11(7-14(15)24(27)28)17(26)31-9-16(25)21-12-3-2-4-13(8-12)33(19,29)30/h2-8,10H,9H2,1H3,(H,21,25)(H2,19,29,30). The van der Waals surface area contributed by atoms with Gasteiger partial charge in [0.15, 0.2) is 11.8 Å². The van der Waals surface area contributed by atoms with Gasteiger partial charge < -0.3 is 14.6 Å². The number of hydrogen-bond acceptors (Lipinski definition) is 10. The number of nitrogens with one attached hydrogen (secondary N) is 1. The minimum Gasteiger partial charge on any atom is -0.452 e. The zero-order valence-electron chi connectivity index (χ0n) is 16.9. The summed E-state index contributed by atoms with van der Waals surface area (Å²) in [4.78, 5) is 35.2. The zero-order valence-corrected chi connectivity index (χ0v) is 18.5. The van der Waals surface area contributed by atoms with Gasteiger partial charge in [0.1, 0.15) is 6.33 Å². The highest BCUT2D eigenvalue weighted by Gasteiger charge is 2.21. The summed E-state index contributed by atoms with van der Waals surface area (Å²) in [6, 6.07) is 8.92. The third-order valence-corrected chi connectivity index (χ3v) is 6.07. The number of ether oxygens (including phenoxy) is 1. The number of carbonyl (C=O) groups is 2. The minimum atomic E-state index is -3.96. The first-order valence-electron chi connectivity index (χ1n) is 8.94. The molecular formula is C18H16N6O7S2. The van der Waals surface area contributed by atoms with Crippen molar-refractivity contribution in [2.45, 2.75) is 14.9 Å². The highest BCUT2D eigenvalue weighted by Crippen LogP contribution is 2.34. The SMILES string of the molecule is Cn1cnnc1Sc1ccc(C(=O)OCC(=O)Nc2cccc(S(N)(=O)=O)c2)cc1[N+](=O)[O-]. The molecule has 0 atom stereocenters. The van der Waals surface area contributed by atoms with Gasteiger partial charge in [0, 0.05) is 18.8 Å². The number of primary sulfonamides is 1. The Morgan fingerprint density at radius 1 is 1.27 bits per heavy atom. The third-order valence-electron chi connectivity index (χ3n) is 4.04. The summed E-state index contributed by atoms with van der Waals surface area (Å²) in [5, 5.41) is 26.8. The zero-order chi connectivity index (χ0) is 24.2. The smallest absolute Gasteiger partial charge is 0.338 e. The van der Waals surface area contributed by atoms with Crippen molar-refractivity contribution < 1.29 is 27.7 Å². The van der Waals surface area contributed by atoms with Crippen molar-refractivity contribution in [3.63, 3.8) is 0 Å². The number of hydrogen-bond donors (Lipinski definition) is 2. The molecule has 0 saturated heterocycles. The van der Waals surface area contributed by atoms with Crippen molar-refractivity contribution in [1.29, 1.82) is 0 Å². The van der Waals surface area contributed by atoms with E-state index in [1.54, 1.807) is 11.6 Å². The lowest BCUT2D eigenvalue weighted by Gasteiger charge is -2.08. The highest BCUT2D eigenvalue weighted by molar-refractivity contribution is 7.99. The van der Waals surface area contributed by atoms with Gasteiger partial charge in [0.25, 0.3) is 11.6 Å². The van der Waals surface area contributed by atoms with Crippen molar-refractivity contribution in [2.75, 3.05) is 11.9 Å². The largest absolute Gasteiger partial charge is 0.452 e. The predicted octanol–water partition coefficient (Wildman–Crippen LogP) is 1.32. The molecule has 1 amide bonds. The average Bonchev–Trinajstić information content (AvgIpc) is 3.16. The van der Waals surface area contributed by atoms with E-state index in [0.717, 1.165) is 23.9 Å². The van der Waals surface area contributed by atoms with Crippen LogP contribution in [-0.2, 0) is 26.6 Å². The Morgan fingerprint density at radius 2 is 2.03 bits per heavy atom. The first-order valence-corrected chi connectivity index (χ1v) is 11.3. The highest BCUT2D eigenvalue weighted by atomic mass is 32.2. The lowest BCUT2D eigenvalue weighted by atomic mass is 10.2. The van der Waals surface area contributed by atoms with Crippen molar-refractivity contribution in [3.8, 4) is 0 Å². The number of aryl methyl sites for hydroxylation is 1. The number of carbonyl (C=O) groups excluding carboxylic acids is 2. The lowest BCUT2D eigenvalue weighted by Crippen LogP contribution is -2.21. The predicted molar refractivity (Wildman–Crippen MR) is 115 cm³/mol. The van der Waals surface area contributed by atoms with E-state index in [9.17, 15) is 28.1 Å². The molecule has 0 fully saturated rings. The average molecular weight is 492 g/mol. The van der Waals surface area contributed by atoms with Crippen LogP contribution in [0.25, 0.3) is 0 Å². The normalized spacial score (nSPS) is 11.1. The van der Waals surface area contributed by atoms with Gasteiger partial charge in [0.05, 0.1) is 20.3 Å². The maximum absolute atomic E-state index is 12.3. The first-order chi connectivity index (χ1) is 15.5. The number of benzene rings is 2. The van der Waals surface area contributed by atoms with Crippen molar-refractivity contribution in [1.82, 2.24) is 14.8 Å². The molecule has 0 aliphatic rings. The number of amides is 1. The molecule has 2 aromatic carbocycles. The monoisotopic (exact) mass is 492 g/mol. The molecule has 0 bridgehead atoms. The van der Waals surface area contributed by atoms with E-state index in [4.69, 9.17) is 9.88 Å². The van der Waals surface area contributed by atoms with Crippen molar-refractivity contribution in [3.05, 3.63) is 64.5 Å². The molecule has 0 aliphatic heterocycles. The number of nitro benzene ring substituents is 1. The molecule has 0 saturated carbocycles. The quantitative estimate of drug-likeness (QED) is 0.263. The van der Waals surface area contributed by atoms with E-state index in [1.807, 2.05) is 0 Å². The Kier molecular flexibility index (Phi) is 7.05. The Bertz CT molecular complexity index is 1340. The van der Waals surface area contributed by atoms with Crippen LogP contribution in [0.2, 0.25) is 0 Å². The summed E-state index contributed by atoms with van der Waals surface area (Å²) in [5.41, 5.74) is -0.349. The van der Waals surface area contributed by atoms with Gasteiger partial charge in [-0.25, -0.2) is 18.4 Å². The number of sulfonamides is 1. The summed E-state index contributed by atoms with van der Waals surface area (Å²) in [5.74, 6) is -1.71. The van der Waals surface area contributed by atoms with Gasteiger partial charge >= 0.3 is 5.97 Å². The first kappa shape index (κ1) is 23.8. The van der Waals surface area contributed by atoms with E-state index in [0.29, 0.717) is 5.16 Å². The number of nitrogens with two attached hydrogens (primary N) is 1. The summed E-state index contributed by atoms with van der Waals surface area (Å²) < 4.78 is 29.3. The van der Waals surface area contributed by atoms with Gasteiger partial charge in [0.2, 0.25) is 10.0 Å². The number of nitrogens with zero attached hydrogens (tertiary/aromatic N) is 4. The molecule has 3 N–H and O–H groups in total. The van der Waals surface area contributed by atoms with Crippen LogP contribution in [0.4, 0.5) is 11.4 Å². The van der Waals surface area contributed by atoms with Crippen LogP contribution in [0.3, 0.4) is 0 Å². The van der Waals surface area contributed by atoms with E-state index in [2.05, 4.69) is 15.5 Å². The Labute approximate surface area is 191 Å². The fraction of sp³-hybridized carbons (Fsp3) is 0.111. The number of esters is 1. The Hall–Kier alpha value is -3.82. The molecule has 0 aliphatic carbocycles. The topological polar surface area (TPSA) is 189 Å². The molecule has 15 heteroatoms. The molecule has 0 unspecified atom stereocenters. The molecule has 3 aromatic rings. The van der Waals surface area contributed by atoms with E-state index < -0.39 is 33.4 Å². The second-order valence-corrected chi connectivity index (χ2v) is 9.03. The van der Waals surface area contributed by atoms with Crippen molar-refractivity contribution in [2.24, 2.45) is 12.2 Å². The molecule has 0 radical (unpaired) electrons. The molecule has 1 aromatic heterocycles. The van der Waals surface area contributed by atoms with E-state index >= 15 is 0 Å². The summed E-state index contributed by atoms with van der Waals surface area (Å²) in [6.45, 7) is -0.707. The third kappa shape index (κ3) is 6.12. The van der Waals surface area contributed by atoms with Crippen LogP contribution in [-0.4, -0.2) is 46.6 Å². The molecule has 33 heavy (non-hydrogen) atoms. The molecule has 1 heterocycles. The summed E-state index contributed by atoms with van der Waals surface area (Å²) in [6.07, 6.45) is 1.44. The van der Waals surface area contributed by atoms with Crippen LogP contribution in [0, 0.1) is 10.1 Å². The van der Waals surface area contributed by atoms with Gasteiger partial charge in [-0.1, -0.05) is 6.07 Å². The van der Waals surface area contributed by atoms with Gasteiger partial charge in [-0.3, -0.25) is 14.9 Å². The Balaban J connectivity index is 1.66. The van der Waals surface area contributed by atoms with Crippen LogP contribution < -0.4 is 10.5 Å². The lowest BCUT2D eigenvalue weighted by molar-refractivity contribution is -0.387. The van der Waals surface area contributed by atoms with E-state index in [-0.39, 0.29) is 26.7 Å². The number of nitro groups is 1. The van der Waals surface area contributed by atoms with Gasteiger partial charge in [-0.2, -0.15) is 0 Å². The van der Waals surface area contributed by atoms with Gasteiger partial charge in [-0.05, 0) is 42.1 Å². The summed E-state index contributed by atoms with van der Waals surface area (Å²) >= 11 is 0.998. The molecule has 13 nitrogen and oxygen atoms in total. The maximum atomic E-state index is 12.3. The number of rotatable bonds is 8. The number of aromatic nitrogens is 3.